The van der Waals surface area contributed by atoms with Crippen molar-refractivity contribution in [1.29, 1.82) is 0 Å². The van der Waals surface area contributed by atoms with Gasteiger partial charge < -0.3 is 10.4 Å². The van der Waals surface area contributed by atoms with Gasteiger partial charge >= 0.3 is 0 Å². The first-order valence-corrected chi connectivity index (χ1v) is 6.82. The summed E-state index contributed by atoms with van der Waals surface area (Å²) in [7, 11) is 0. The Kier molecular flexibility index (Phi) is 4.83. The van der Waals surface area contributed by atoms with Crippen molar-refractivity contribution in [1.82, 2.24) is 0 Å². The summed E-state index contributed by atoms with van der Waals surface area (Å²) in [6, 6.07) is 15.7. The lowest BCUT2D eigenvalue weighted by atomic mass is 10.0. The summed E-state index contributed by atoms with van der Waals surface area (Å²) in [6.07, 6.45) is 1.02. The minimum absolute atomic E-state index is 0.0397. The number of aliphatic hydroxyl groups excluding tert-OH is 1. The standard InChI is InChI=1S/C16H18ClNO/c1-2-12-6-8-13(9-7-12)16(11-19)18-15-5-3-4-14(17)10-15/h3-10,16,18-19H,2,11H2,1H3. The van der Waals surface area contributed by atoms with Crippen LogP contribution < -0.4 is 5.32 Å². The Labute approximate surface area is 119 Å². The van der Waals surface area contributed by atoms with Crippen molar-refractivity contribution in [2.24, 2.45) is 0 Å². The van der Waals surface area contributed by atoms with Gasteiger partial charge in [-0.2, -0.15) is 0 Å². The van der Waals surface area contributed by atoms with Crippen molar-refractivity contribution < 1.29 is 5.11 Å². The Morgan fingerprint density at radius 2 is 1.89 bits per heavy atom. The van der Waals surface area contributed by atoms with Crippen molar-refractivity contribution in [3.8, 4) is 0 Å². The molecule has 2 aromatic rings. The van der Waals surface area contributed by atoms with E-state index >= 15 is 0 Å². The molecule has 0 fully saturated rings. The van der Waals surface area contributed by atoms with Crippen LogP contribution in [0.2, 0.25) is 5.02 Å². The van der Waals surface area contributed by atoms with E-state index in [1.807, 2.05) is 24.3 Å². The lowest BCUT2D eigenvalue weighted by molar-refractivity contribution is 0.276. The third-order valence-electron chi connectivity index (χ3n) is 3.14. The van der Waals surface area contributed by atoms with E-state index in [0.717, 1.165) is 17.7 Å². The van der Waals surface area contributed by atoms with Crippen LogP contribution in [0.25, 0.3) is 0 Å². The third-order valence-corrected chi connectivity index (χ3v) is 3.37. The third kappa shape index (κ3) is 3.72. The van der Waals surface area contributed by atoms with Gasteiger partial charge in [0.05, 0.1) is 12.6 Å². The van der Waals surface area contributed by atoms with Gasteiger partial charge in [0.15, 0.2) is 0 Å². The minimum Gasteiger partial charge on any atom is -0.394 e. The molecule has 0 aliphatic heterocycles. The molecule has 2 nitrogen and oxygen atoms in total. The molecule has 0 saturated carbocycles. The van der Waals surface area contributed by atoms with E-state index in [1.54, 1.807) is 0 Å². The first-order valence-electron chi connectivity index (χ1n) is 6.44. The maximum absolute atomic E-state index is 9.54. The summed E-state index contributed by atoms with van der Waals surface area (Å²) in [4.78, 5) is 0. The van der Waals surface area contributed by atoms with Crippen LogP contribution in [0.15, 0.2) is 48.5 Å². The molecule has 0 aliphatic rings. The molecule has 0 radical (unpaired) electrons. The van der Waals surface area contributed by atoms with Gasteiger partial charge in [-0.1, -0.05) is 48.9 Å². The first kappa shape index (κ1) is 13.9. The second-order valence-corrected chi connectivity index (χ2v) is 4.92. The molecule has 0 bridgehead atoms. The predicted octanol–water partition coefficient (Wildman–Crippen LogP) is 4.05. The molecule has 0 saturated heterocycles. The van der Waals surface area contributed by atoms with Crippen LogP contribution in [-0.4, -0.2) is 11.7 Å². The molecule has 0 aliphatic carbocycles. The van der Waals surface area contributed by atoms with Gasteiger partial charge in [-0.05, 0) is 35.7 Å². The zero-order valence-electron chi connectivity index (χ0n) is 10.9. The van der Waals surface area contributed by atoms with Crippen LogP contribution in [0.1, 0.15) is 24.1 Å². The maximum atomic E-state index is 9.54. The molecular weight excluding hydrogens is 258 g/mol. The number of aryl methyl sites for hydroxylation is 1. The fraction of sp³-hybridized carbons (Fsp3) is 0.250. The quantitative estimate of drug-likeness (QED) is 0.863. The Balaban J connectivity index is 2.15. The van der Waals surface area contributed by atoms with E-state index in [1.165, 1.54) is 5.56 Å². The van der Waals surface area contributed by atoms with Crippen LogP contribution in [0, 0.1) is 0 Å². The fourth-order valence-corrected chi connectivity index (χ4v) is 2.19. The highest BCUT2D eigenvalue weighted by molar-refractivity contribution is 6.30. The molecule has 100 valence electrons. The van der Waals surface area contributed by atoms with Gasteiger partial charge in [-0.3, -0.25) is 0 Å². The smallest absolute Gasteiger partial charge is 0.0745 e. The van der Waals surface area contributed by atoms with Crippen LogP contribution >= 0.6 is 11.6 Å². The van der Waals surface area contributed by atoms with Crippen molar-refractivity contribution in [3.63, 3.8) is 0 Å². The van der Waals surface area contributed by atoms with Crippen molar-refractivity contribution >= 4 is 17.3 Å². The number of hydrogen-bond donors (Lipinski definition) is 2. The number of nitrogens with one attached hydrogen (secondary N) is 1. The molecular formula is C16H18ClNO. The van der Waals surface area contributed by atoms with E-state index in [0.29, 0.717) is 5.02 Å². The molecule has 2 rings (SSSR count). The van der Waals surface area contributed by atoms with Crippen molar-refractivity contribution in [3.05, 3.63) is 64.7 Å². The van der Waals surface area contributed by atoms with Gasteiger partial charge in [0.2, 0.25) is 0 Å². The summed E-state index contributed by atoms with van der Waals surface area (Å²) in [5.74, 6) is 0. The normalized spacial score (nSPS) is 12.2. The number of hydrogen-bond acceptors (Lipinski definition) is 2. The zero-order chi connectivity index (χ0) is 13.7. The van der Waals surface area contributed by atoms with E-state index in [9.17, 15) is 5.11 Å². The SMILES string of the molecule is CCc1ccc(C(CO)Nc2cccc(Cl)c2)cc1. The number of rotatable bonds is 5. The second kappa shape index (κ2) is 6.60. The Hall–Kier alpha value is -1.51. The molecule has 3 heteroatoms. The fourth-order valence-electron chi connectivity index (χ4n) is 2.00. The highest BCUT2D eigenvalue weighted by Crippen LogP contribution is 2.22. The van der Waals surface area contributed by atoms with E-state index < -0.39 is 0 Å². The summed E-state index contributed by atoms with van der Waals surface area (Å²) < 4.78 is 0. The van der Waals surface area contributed by atoms with Crippen molar-refractivity contribution in [2.45, 2.75) is 19.4 Å². The Morgan fingerprint density at radius 1 is 1.16 bits per heavy atom. The molecule has 19 heavy (non-hydrogen) atoms. The molecule has 0 heterocycles. The van der Waals surface area contributed by atoms with Gasteiger partial charge in [-0.15, -0.1) is 0 Å². The predicted molar refractivity (Wildman–Crippen MR) is 80.7 cm³/mol. The maximum Gasteiger partial charge on any atom is 0.0745 e. The highest BCUT2D eigenvalue weighted by atomic mass is 35.5. The number of benzene rings is 2. The summed E-state index contributed by atoms with van der Waals surface area (Å²) in [5, 5.41) is 13.5. The topological polar surface area (TPSA) is 32.3 Å². The highest BCUT2D eigenvalue weighted by Gasteiger charge is 2.10. The summed E-state index contributed by atoms with van der Waals surface area (Å²) in [6.45, 7) is 2.17. The van der Waals surface area contributed by atoms with Gasteiger partial charge in [0, 0.05) is 10.7 Å². The Bertz CT molecular complexity index is 525. The lowest BCUT2D eigenvalue weighted by Gasteiger charge is -2.18. The largest absolute Gasteiger partial charge is 0.394 e. The molecule has 0 amide bonds. The summed E-state index contributed by atoms with van der Waals surface area (Å²) >= 11 is 5.95. The lowest BCUT2D eigenvalue weighted by Crippen LogP contribution is -2.14. The monoisotopic (exact) mass is 275 g/mol. The zero-order valence-corrected chi connectivity index (χ0v) is 11.7. The van der Waals surface area contributed by atoms with Gasteiger partial charge in [0.1, 0.15) is 0 Å². The van der Waals surface area contributed by atoms with E-state index in [-0.39, 0.29) is 12.6 Å². The Morgan fingerprint density at radius 3 is 2.47 bits per heavy atom. The first-order chi connectivity index (χ1) is 9.22. The molecule has 2 aromatic carbocycles. The van der Waals surface area contributed by atoms with Gasteiger partial charge in [0.25, 0.3) is 0 Å². The van der Waals surface area contributed by atoms with Crippen LogP contribution in [0.4, 0.5) is 5.69 Å². The minimum atomic E-state index is -0.121. The molecule has 0 spiro atoms. The molecule has 2 N–H and O–H groups in total. The van der Waals surface area contributed by atoms with Gasteiger partial charge in [-0.25, -0.2) is 0 Å². The van der Waals surface area contributed by atoms with E-state index in [4.69, 9.17) is 11.6 Å². The number of anilines is 1. The second-order valence-electron chi connectivity index (χ2n) is 4.48. The molecule has 1 atom stereocenters. The van der Waals surface area contributed by atoms with Crippen LogP contribution in [0.5, 0.6) is 0 Å². The van der Waals surface area contributed by atoms with E-state index in [2.05, 4.69) is 36.5 Å². The molecule has 1 unspecified atom stereocenters. The average Bonchev–Trinajstić information content (AvgIpc) is 2.45. The molecule has 0 aromatic heterocycles. The van der Waals surface area contributed by atoms with Crippen LogP contribution in [0.3, 0.4) is 0 Å². The van der Waals surface area contributed by atoms with Crippen molar-refractivity contribution in [2.75, 3.05) is 11.9 Å². The summed E-state index contributed by atoms with van der Waals surface area (Å²) in [5.41, 5.74) is 3.27. The number of aliphatic hydroxyl groups is 1. The number of halogens is 1. The average molecular weight is 276 g/mol. The van der Waals surface area contributed by atoms with Crippen LogP contribution in [-0.2, 0) is 6.42 Å².